The minimum atomic E-state index is -0.491. The fourth-order valence-electron chi connectivity index (χ4n) is 3.76. The van der Waals surface area contributed by atoms with Gasteiger partial charge in [0.15, 0.2) is 0 Å². The Labute approximate surface area is 143 Å². The standard InChI is InChI=1S/C20H26FNO2/c1-13-8-14(10-16(21)9-13)15-11-17-6-5-7-18(12-15)22(17)19(23)24-20(2,3)4/h8-11,17-18H,5-7,12H2,1-4H3. The molecule has 1 fully saturated rings. The number of carbonyl (C=O) groups excluding carboxylic acids is 1. The summed E-state index contributed by atoms with van der Waals surface area (Å²) in [4.78, 5) is 14.5. The lowest BCUT2D eigenvalue weighted by molar-refractivity contribution is 0.0000816. The molecular weight excluding hydrogens is 305 g/mol. The van der Waals surface area contributed by atoms with Gasteiger partial charge in [0.2, 0.25) is 0 Å². The van der Waals surface area contributed by atoms with Gasteiger partial charge in [-0.25, -0.2) is 9.18 Å². The van der Waals surface area contributed by atoms with Gasteiger partial charge in [-0.15, -0.1) is 0 Å². The van der Waals surface area contributed by atoms with Crippen molar-refractivity contribution in [3.05, 3.63) is 41.2 Å². The molecule has 24 heavy (non-hydrogen) atoms. The van der Waals surface area contributed by atoms with Crippen LogP contribution in [0.5, 0.6) is 0 Å². The summed E-state index contributed by atoms with van der Waals surface area (Å²) in [6.45, 7) is 7.58. The Morgan fingerprint density at radius 2 is 2.00 bits per heavy atom. The molecule has 0 N–H and O–H groups in total. The number of halogens is 1. The van der Waals surface area contributed by atoms with Gasteiger partial charge in [0, 0.05) is 6.04 Å². The molecule has 2 heterocycles. The number of carbonyl (C=O) groups is 1. The Bertz CT molecular complexity index is 654. The number of ether oxygens (including phenoxy) is 1. The summed E-state index contributed by atoms with van der Waals surface area (Å²) in [6, 6.07) is 5.35. The maximum absolute atomic E-state index is 13.8. The zero-order valence-corrected chi connectivity index (χ0v) is 14.9. The van der Waals surface area contributed by atoms with Crippen molar-refractivity contribution in [2.75, 3.05) is 0 Å². The number of piperidine rings is 1. The molecule has 2 aliphatic heterocycles. The predicted octanol–water partition coefficient (Wildman–Crippen LogP) is 5.08. The summed E-state index contributed by atoms with van der Waals surface area (Å²) < 4.78 is 19.3. The van der Waals surface area contributed by atoms with Crippen LogP contribution in [0.25, 0.3) is 5.57 Å². The Morgan fingerprint density at radius 3 is 2.62 bits per heavy atom. The largest absolute Gasteiger partial charge is 0.444 e. The van der Waals surface area contributed by atoms with Crippen LogP contribution in [-0.4, -0.2) is 28.7 Å². The molecule has 0 aliphatic carbocycles. The molecule has 130 valence electrons. The molecule has 0 spiro atoms. The number of rotatable bonds is 1. The first-order valence-corrected chi connectivity index (χ1v) is 8.72. The molecule has 2 atom stereocenters. The van der Waals surface area contributed by atoms with Gasteiger partial charge in [-0.2, -0.15) is 0 Å². The van der Waals surface area contributed by atoms with Crippen LogP contribution in [0.1, 0.15) is 57.6 Å². The summed E-state index contributed by atoms with van der Waals surface area (Å²) >= 11 is 0. The number of hydrogen-bond acceptors (Lipinski definition) is 2. The summed E-state index contributed by atoms with van der Waals surface area (Å²) in [7, 11) is 0. The minimum absolute atomic E-state index is 0.0472. The van der Waals surface area contributed by atoms with Crippen LogP contribution < -0.4 is 0 Å². The third-order valence-corrected chi connectivity index (χ3v) is 4.65. The van der Waals surface area contributed by atoms with Crippen molar-refractivity contribution in [3.63, 3.8) is 0 Å². The van der Waals surface area contributed by atoms with Crippen molar-refractivity contribution in [3.8, 4) is 0 Å². The van der Waals surface area contributed by atoms with Crippen LogP contribution in [0.3, 0.4) is 0 Å². The third-order valence-electron chi connectivity index (χ3n) is 4.65. The molecule has 3 rings (SSSR count). The van der Waals surface area contributed by atoms with Gasteiger partial charge in [-0.05, 0) is 82.2 Å². The first-order valence-electron chi connectivity index (χ1n) is 8.72. The van der Waals surface area contributed by atoms with Gasteiger partial charge in [0.25, 0.3) is 0 Å². The normalized spacial score (nSPS) is 23.7. The van der Waals surface area contributed by atoms with Gasteiger partial charge in [-0.1, -0.05) is 12.1 Å². The molecule has 1 aromatic carbocycles. The summed E-state index contributed by atoms with van der Waals surface area (Å²) in [5, 5.41) is 0. The monoisotopic (exact) mass is 331 g/mol. The van der Waals surface area contributed by atoms with E-state index in [9.17, 15) is 9.18 Å². The second-order valence-corrected chi connectivity index (χ2v) is 7.95. The summed E-state index contributed by atoms with van der Waals surface area (Å²) in [6.07, 6.45) is 5.69. The maximum Gasteiger partial charge on any atom is 0.411 e. The van der Waals surface area contributed by atoms with Gasteiger partial charge in [0.1, 0.15) is 11.4 Å². The lowest BCUT2D eigenvalue weighted by Crippen LogP contribution is -2.53. The summed E-state index contributed by atoms with van der Waals surface area (Å²) in [5.41, 5.74) is 2.51. The predicted molar refractivity (Wildman–Crippen MR) is 93.2 cm³/mol. The topological polar surface area (TPSA) is 29.5 Å². The Morgan fingerprint density at radius 1 is 1.25 bits per heavy atom. The van der Waals surface area contributed by atoms with Crippen LogP contribution in [-0.2, 0) is 4.74 Å². The molecule has 0 radical (unpaired) electrons. The highest BCUT2D eigenvalue weighted by Crippen LogP contribution is 2.38. The summed E-state index contributed by atoms with van der Waals surface area (Å²) in [5.74, 6) is -0.203. The number of nitrogens with zero attached hydrogens (tertiary/aromatic N) is 1. The highest BCUT2D eigenvalue weighted by molar-refractivity contribution is 5.75. The van der Waals surface area contributed by atoms with Crippen molar-refractivity contribution < 1.29 is 13.9 Å². The van der Waals surface area contributed by atoms with Gasteiger partial charge in [0.05, 0.1) is 6.04 Å². The fourth-order valence-corrected chi connectivity index (χ4v) is 3.76. The van der Waals surface area contributed by atoms with Crippen LogP contribution in [0, 0.1) is 12.7 Å². The van der Waals surface area contributed by atoms with Crippen LogP contribution >= 0.6 is 0 Å². The molecule has 1 aromatic rings. The van der Waals surface area contributed by atoms with E-state index in [4.69, 9.17) is 4.74 Å². The minimum Gasteiger partial charge on any atom is -0.444 e. The molecular formula is C20H26FNO2. The second-order valence-electron chi connectivity index (χ2n) is 7.95. The molecule has 1 amide bonds. The average Bonchev–Trinajstić information content (AvgIpc) is 2.42. The van der Waals surface area contributed by atoms with E-state index in [1.165, 1.54) is 0 Å². The zero-order chi connectivity index (χ0) is 17.5. The van der Waals surface area contributed by atoms with Crippen LogP contribution in [0.15, 0.2) is 24.3 Å². The van der Waals surface area contributed by atoms with E-state index < -0.39 is 5.60 Å². The van der Waals surface area contributed by atoms with Crippen molar-refractivity contribution in [1.29, 1.82) is 0 Å². The molecule has 2 unspecified atom stereocenters. The van der Waals surface area contributed by atoms with E-state index in [0.29, 0.717) is 0 Å². The van der Waals surface area contributed by atoms with E-state index in [0.717, 1.165) is 42.4 Å². The zero-order valence-electron chi connectivity index (χ0n) is 14.9. The third kappa shape index (κ3) is 3.63. The number of aryl methyl sites for hydroxylation is 1. The SMILES string of the molecule is Cc1cc(F)cc(C2=CC3CCCC(C2)N3C(=O)OC(C)(C)C)c1. The second kappa shape index (κ2) is 6.23. The Balaban J connectivity index is 1.88. The average molecular weight is 331 g/mol. The number of amides is 1. The van der Waals surface area contributed by atoms with Crippen molar-refractivity contribution in [1.82, 2.24) is 4.90 Å². The van der Waals surface area contributed by atoms with Crippen LogP contribution in [0.2, 0.25) is 0 Å². The number of hydrogen-bond donors (Lipinski definition) is 0. The van der Waals surface area contributed by atoms with Crippen molar-refractivity contribution in [2.24, 2.45) is 0 Å². The Hall–Kier alpha value is -1.84. The van der Waals surface area contributed by atoms with Crippen molar-refractivity contribution in [2.45, 2.75) is 71.1 Å². The maximum atomic E-state index is 13.8. The number of fused-ring (bicyclic) bond motifs is 2. The smallest absolute Gasteiger partial charge is 0.411 e. The molecule has 0 saturated carbocycles. The highest BCUT2D eigenvalue weighted by atomic mass is 19.1. The fraction of sp³-hybridized carbons (Fsp3) is 0.550. The molecule has 2 aliphatic rings. The van der Waals surface area contributed by atoms with Gasteiger partial charge < -0.3 is 4.74 Å². The van der Waals surface area contributed by atoms with Gasteiger partial charge >= 0.3 is 6.09 Å². The van der Waals surface area contributed by atoms with E-state index in [1.54, 1.807) is 12.1 Å². The molecule has 4 heteroatoms. The van der Waals surface area contributed by atoms with E-state index in [2.05, 4.69) is 6.08 Å². The molecule has 1 saturated heterocycles. The molecule has 0 aromatic heterocycles. The highest BCUT2D eigenvalue weighted by Gasteiger charge is 2.39. The van der Waals surface area contributed by atoms with Crippen LogP contribution in [0.4, 0.5) is 9.18 Å². The lowest BCUT2D eigenvalue weighted by atomic mass is 9.83. The van der Waals surface area contributed by atoms with Gasteiger partial charge in [-0.3, -0.25) is 4.90 Å². The lowest BCUT2D eigenvalue weighted by Gasteiger charge is -2.45. The molecule has 2 bridgehead atoms. The van der Waals surface area contributed by atoms with E-state index in [1.807, 2.05) is 38.7 Å². The number of benzene rings is 1. The first kappa shape index (κ1) is 17.0. The molecule has 3 nitrogen and oxygen atoms in total. The van der Waals surface area contributed by atoms with Crippen molar-refractivity contribution >= 4 is 11.7 Å². The van der Waals surface area contributed by atoms with E-state index >= 15 is 0 Å². The quantitative estimate of drug-likeness (QED) is 0.718. The first-order chi connectivity index (χ1) is 11.2. The van der Waals surface area contributed by atoms with E-state index in [-0.39, 0.29) is 24.0 Å². The Kier molecular flexibility index (Phi) is 4.41.